The third-order valence-corrected chi connectivity index (χ3v) is 6.62. The van der Waals surface area contributed by atoms with Gasteiger partial charge in [0.05, 0.1) is 37.7 Å². The van der Waals surface area contributed by atoms with Gasteiger partial charge in [-0.25, -0.2) is 14.5 Å². The van der Waals surface area contributed by atoms with Crippen molar-refractivity contribution in [2.45, 2.75) is 90.1 Å². The van der Waals surface area contributed by atoms with Crippen LogP contribution in [0.15, 0.2) is 0 Å². The Morgan fingerprint density at radius 2 is 1.43 bits per heavy atom. The monoisotopic (exact) mass is 574 g/mol. The normalized spacial score (nSPS) is 17.2. The number of aliphatic hydroxyl groups is 3. The summed E-state index contributed by atoms with van der Waals surface area (Å²) in [4.78, 5) is 29.8. The number of carbonyl (C=O) groups is 2. The zero-order valence-corrected chi connectivity index (χ0v) is 25.6. The minimum absolute atomic E-state index is 0.174. The topological polar surface area (TPSA) is 153 Å². The van der Waals surface area contributed by atoms with Crippen LogP contribution in [0.4, 0.5) is 9.59 Å². The molecule has 1 saturated heterocycles. The van der Waals surface area contributed by atoms with Crippen molar-refractivity contribution in [2.75, 3.05) is 73.2 Å². The molecule has 12 nitrogen and oxygen atoms in total. The van der Waals surface area contributed by atoms with E-state index in [4.69, 9.17) is 4.74 Å². The van der Waals surface area contributed by atoms with E-state index in [1.54, 1.807) is 0 Å². The number of amides is 4. The fourth-order valence-electron chi connectivity index (χ4n) is 4.58. The molecule has 0 aromatic carbocycles. The highest BCUT2D eigenvalue weighted by atomic mass is 16.6. The van der Waals surface area contributed by atoms with E-state index < -0.39 is 18.2 Å². The molecule has 0 radical (unpaired) electrons. The van der Waals surface area contributed by atoms with Crippen LogP contribution in [-0.2, 0) is 4.74 Å². The summed E-state index contributed by atoms with van der Waals surface area (Å²) in [6.45, 7) is 10.7. The van der Waals surface area contributed by atoms with Gasteiger partial charge in [-0.2, -0.15) is 0 Å². The van der Waals surface area contributed by atoms with E-state index in [1.165, 1.54) is 4.90 Å². The molecule has 4 amide bonds. The van der Waals surface area contributed by atoms with E-state index >= 15 is 0 Å². The van der Waals surface area contributed by atoms with E-state index in [2.05, 4.69) is 20.9 Å². The Kier molecular flexibility index (Phi) is 19.3. The number of hydrogen-bond donors (Lipinski definition) is 6. The van der Waals surface area contributed by atoms with Gasteiger partial charge in [-0.05, 0) is 78.4 Å². The number of rotatable bonds is 23. The van der Waals surface area contributed by atoms with Crippen molar-refractivity contribution in [3.63, 3.8) is 0 Å². The van der Waals surface area contributed by atoms with Crippen molar-refractivity contribution in [1.29, 1.82) is 0 Å². The molecular weight excluding hydrogens is 516 g/mol. The lowest BCUT2D eigenvalue weighted by Gasteiger charge is -2.27. The van der Waals surface area contributed by atoms with Gasteiger partial charge >= 0.3 is 12.1 Å². The summed E-state index contributed by atoms with van der Waals surface area (Å²) in [6.07, 6.45) is 4.47. The zero-order valence-electron chi connectivity index (χ0n) is 25.6. The molecule has 1 heterocycles. The molecule has 0 saturated carbocycles. The van der Waals surface area contributed by atoms with E-state index in [0.717, 1.165) is 32.3 Å². The molecule has 40 heavy (non-hydrogen) atoms. The fourth-order valence-corrected chi connectivity index (χ4v) is 4.58. The highest BCUT2D eigenvalue weighted by Gasteiger charge is 2.23. The van der Waals surface area contributed by atoms with Gasteiger partial charge in [-0.3, -0.25) is 9.80 Å². The quantitative estimate of drug-likeness (QED) is 0.0596. The van der Waals surface area contributed by atoms with Crippen molar-refractivity contribution in [1.82, 2.24) is 30.7 Å². The van der Waals surface area contributed by atoms with Crippen molar-refractivity contribution >= 4 is 12.1 Å². The summed E-state index contributed by atoms with van der Waals surface area (Å²) < 4.78 is 5.20. The number of aliphatic hydroxyl groups excluding tert-OH is 3. The second-order valence-electron chi connectivity index (χ2n) is 11.6. The molecular formula is C28H58N6O6. The van der Waals surface area contributed by atoms with E-state index in [1.807, 2.05) is 39.8 Å². The van der Waals surface area contributed by atoms with Gasteiger partial charge in [0.25, 0.3) is 0 Å². The van der Waals surface area contributed by atoms with Crippen molar-refractivity contribution in [2.24, 2.45) is 5.92 Å². The first-order valence-corrected chi connectivity index (χ1v) is 15.1. The van der Waals surface area contributed by atoms with Crippen LogP contribution in [0.5, 0.6) is 0 Å². The molecule has 4 unspecified atom stereocenters. The lowest BCUT2D eigenvalue weighted by atomic mass is 10.1. The van der Waals surface area contributed by atoms with Crippen LogP contribution in [0.25, 0.3) is 0 Å². The Bertz CT molecular complexity index is 684. The largest absolute Gasteiger partial charge is 0.392 e. The smallest absolute Gasteiger partial charge is 0.325 e. The third kappa shape index (κ3) is 18.7. The van der Waals surface area contributed by atoms with E-state index in [9.17, 15) is 24.9 Å². The van der Waals surface area contributed by atoms with Crippen LogP contribution in [-0.4, -0.2) is 140 Å². The van der Waals surface area contributed by atoms with Crippen molar-refractivity contribution in [3.05, 3.63) is 0 Å². The zero-order chi connectivity index (χ0) is 29.9. The Hall–Kier alpha value is -1.54. The molecule has 1 rings (SSSR count). The highest BCUT2D eigenvalue weighted by Crippen LogP contribution is 2.17. The molecule has 12 heteroatoms. The summed E-state index contributed by atoms with van der Waals surface area (Å²) in [5.41, 5.74) is 0. The van der Waals surface area contributed by atoms with Crippen molar-refractivity contribution in [3.8, 4) is 0 Å². The second kappa shape index (κ2) is 21.2. The minimum Gasteiger partial charge on any atom is -0.392 e. The first kappa shape index (κ1) is 36.5. The molecule has 0 spiro atoms. The predicted octanol–water partition coefficient (Wildman–Crippen LogP) is 1.01. The Labute approximate surface area is 241 Å². The molecule has 1 aliphatic rings. The maximum Gasteiger partial charge on any atom is 0.325 e. The Balaban J connectivity index is 2.07. The Morgan fingerprint density at radius 1 is 0.850 bits per heavy atom. The summed E-state index contributed by atoms with van der Waals surface area (Å²) in [7, 11) is 3.93. The Morgan fingerprint density at radius 3 is 2.00 bits per heavy atom. The van der Waals surface area contributed by atoms with Gasteiger partial charge in [-0.15, -0.1) is 0 Å². The number of likely N-dealkylation sites (N-methyl/N-ethyl adjacent to an activating group) is 2. The number of ether oxygens (including phenoxy) is 1. The molecule has 0 bridgehead atoms. The van der Waals surface area contributed by atoms with Gasteiger partial charge in [-0.1, -0.05) is 13.8 Å². The summed E-state index contributed by atoms with van der Waals surface area (Å²) >= 11 is 0. The van der Waals surface area contributed by atoms with Gasteiger partial charge < -0.3 is 36.0 Å². The number of nitrogens with zero attached hydrogens (tertiary/aromatic N) is 3. The van der Waals surface area contributed by atoms with Crippen LogP contribution < -0.4 is 16.0 Å². The molecule has 236 valence electrons. The third-order valence-electron chi connectivity index (χ3n) is 6.62. The number of hydrogen-bond acceptors (Lipinski definition) is 9. The fraction of sp³-hybridized carbons (Fsp3) is 0.929. The number of epoxide rings is 1. The van der Waals surface area contributed by atoms with Crippen molar-refractivity contribution < 1.29 is 29.6 Å². The lowest BCUT2D eigenvalue weighted by Crippen LogP contribution is -2.50. The van der Waals surface area contributed by atoms with Gasteiger partial charge in [0.1, 0.15) is 0 Å². The van der Waals surface area contributed by atoms with Crippen LogP contribution >= 0.6 is 0 Å². The minimum atomic E-state index is -0.502. The molecule has 1 aliphatic heterocycles. The lowest BCUT2D eigenvalue weighted by molar-refractivity contribution is 0.0597. The molecule has 0 aromatic heterocycles. The number of urea groups is 2. The molecule has 1 fully saturated rings. The van der Waals surface area contributed by atoms with E-state index in [0.29, 0.717) is 77.8 Å². The maximum absolute atomic E-state index is 12.4. The number of nitrogens with one attached hydrogen (secondary N) is 3. The van der Waals surface area contributed by atoms with Gasteiger partial charge in [0.2, 0.25) is 0 Å². The summed E-state index contributed by atoms with van der Waals surface area (Å²) in [5.74, 6) is 0.174. The average molecular weight is 575 g/mol. The first-order chi connectivity index (χ1) is 19.0. The average Bonchev–Trinajstić information content (AvgIpc) is 3.68. The van der Waals surface area contributed by atoms with Crippen LogP contribution in [0.3, 0.4) is 0 Å². The SMILES string of the molecule is CCNC(=O)N(CC(C)C)C(=O)NCCCNCC(O)CCCC(O)CN(C)CN(C)CC(O)CCCC1CO1. The van der Waals surface area contributed by atoms with E-state index in [-0.39, 0.29) is 18.1 Å². The maximum atomic E-state index is 12.4. The van der Waals surface area contributed by atoms with Gasteiger partial charge in [0.15, 0.2) is 0 Å². The second-order valence-corrected chi connectivity index (χ2v) is 11.6. The molecule has 6 N–H and O–H groups in total. The predicted molar refractivity (Wildman–Crippen MR) is 157 cm³/mol. The van der Waals surface area contributed by atoms with Crippen LogP contribution in [0, 0.1) is 5.92 Å². The number of carbonyl (C=O) groups excluding carboxylic acids is 2. The summed E-state index contributed by atoms with van der Waals surface area (Å²) in [6, 6.07) is -0.789. The highest BCUT2D eigenvalue weighted by molar-refractivity contribution is 5.93. The van der Waals surface area contributed by atoms with Crippen LogP contribution in [0.1, 0.15) is 65.7 Å². The molecule has 0 aliphatic carbocycles. The summed E-state index contributed by atoms with van der Waals surface area (Å²) in [5, 5.41) is 39.5. The number of imide groups is 1. The molecule has 0 aromatic rings. The molecule has 4 atom stereocenters. The van der Waals surface area contributed by atoms with Crippen LogP contribution in [0.2, 0.25) is 0 Å². The first-order valence-electron chi connectivity index (χ1n) is 15.1. The van der Waals surface area contributed by atoms with Gasteiger partial charge in [0, 0.05) is 39.3 Å². The standard InChI is InChI=1S/C28H58N6O6/c1-6-30-27(38)34(17-22(2)3)28(39)31-15-9-14-29-16-23(35)10-7-11-24(36)18-32(4)21-33(5)19-25(37)12-8-13-26-20-40-26/h22-26,29,35-37H,6-21H2,1-5H3,(H,30,38)(H,31,39).